The first-order chi connectivity index (χ1) is 11.6. The van der Waals surface area contributed by atoms with Crippen molar-refractivity contribution in [2.75, 3.05) is 0 Å². The molecule has 1 heteroatoms. The Bertz CT molecular complexity index is 495. The zero-order valence-corrected chi connectivity index (χ0v) is 16.3. The molecule has 0 nitrogen and oxygen atoms in total. The van der Waals surface area contributed by atoms with E-state index >= 15 is 0 Å². The Hall–Kier alpha value is -0.975. The van der Waals surface area contributed by atoms with E-state index < -0.39 is 0 Å². The largest absolute Gasteiger partial charge is 0.179 e. The van der Waals surface area contributed by atoms with Gasteiger partial charge in [0, 0.05) is 0 Å². The first-order valence-electron chi connectivity index (χ1n) is 10.4. The number of rotatable bonds is 12. The SMILES string of the molecule is C=C(C)CCB(c1cccc(CCC(CCC)CCC)c1)C1CC1. The highest BCUT2D eigenvalue weighted by atomic mass is 14.2. The Morgan fingerprint density at radius 1 is 1.17 bits per heavy atom. The minimum Gasteiger partial charge on any atom is -0.100 e. The van der Waals surface area contributed by atoms with Crippen LogP contribution in [0.5, 0.6) is 0 Å². The second kappa shape index (κ2) is 10.1. The lowest BCUT2D eigenvalue weighted by molar-refractivity contribution is 0.411. The smallest absolute Gasteiger partial charge is 0.100 e. The van der Waals surface area contributed by atoms with Crippen molar-refractivity contribution in [1.29, 1.82) is 0 Å². The van der Waals surface area contributed by atoms with E-state index in [1.807, 2.05) is 0 Å². The molecule has 0 bridgehead atoms. The highest BCUT2D eigenvalue weighted by Crippen LogP contribution is 2.41. The number of aryl methyl sites for hydroxylation is 1. The molecule has 0 spiro atoms. The van der Waals surface area contributed by atoms with Crippen LogP contribution in [-0.4, -0.2) is 6.71 Å². The normalized spacial score (nSPS) is 14.2. The average molecular weight is 324 g/mol. The molecule has 0 N–H and O–H groups in total. The monoisotopic (exact) mass is 324 g/mol. The topological polar surface area (TPSA) is 0 Å². The maximum atomic E-state index is 4.10. The van der Waals surface area contributed by atoms with Crippen LogP contribution in [0, 0.1) is 5.92 Å². The summed E-state index contributed by atoms with van der Waals surface area (Å²) in [6.07, 6.45) is 13.4. The van der Waals surface area contributed by atoms with Gasteiger partial charge in [0.2, 0.25) is 0 Å². The van der Waals surface area contributed by atoms with E-state index in [9.17, 15) is 0 Å². The summed E-state index contributed by atoms with van der Waals surface area (Å²) in [5, 5.41) is 0. The van der Waals surface area contributed by atoms with Gasteiger partial charge in [0.1, 0.15) is 0 Å². The summed E-state index contributed by atoms with van der Waals surface area (Å²) in [6, 6.07) is 9.55. The van der Waals surface area contributed by atoms with Crippen molar-refractivity contribution in [2.45, 2.75) is 90.7 Å². The molecule has 1 aromatic carbocycles. The van der Waals surface area contributed by atoms with Crippen molar-refractivity contribution < 1.29 is 0 Å². The summed E-state index contributed by atoms with van der Waals surface area (Å²) in [4.78, 5) is 0. The van der Waals surface area contributed by atoms with E-state index in [-0.39, 0.29) is 0 Å². The standard InChI is InChI=1S/C23H37B/c1-5-8-20(9-6-2)12-13-21-10-7-11-23(18-21)24(22-14-15-22)17-16-19(3)4/h7,10-11,18,20,22H,3,5-6,8-9,12-17H2,1-2,4H3. The highest BCUT2D eigenvalue weighted by Gasteiger charge is 2.34. The number of hydrogen-bond acceptors (Lipinski definition) is 0. The fraction of sp³-hybridized carbons (Fsp3) is 0.652. The van der Waals surface area contributed by atoms with Crippen molar-refractivity contribution in [1.82, 2.24) is 0 Å². The van der Waals surface area contributed by atoms with Crippen molar-refractivity contribution in [3.05, 3.63) is 42.0 Å². The predicted octanol–water partition coefficient (Wildman–Crippen LogP) is 6.67. The van der Waals surface area contributed by atoms with Gasteiger partial charge in [-0.1, -0.05) is 99.8 Å². The summed E-state index contributed by atoms with van der Waals surface area (Å²) in [5.74, 6) is 1.86. The van der Waals surface area contributed by atoms with Gasteiger partial charge < -0.3 is 0 Å². The van der Waals surface area contributed by atoms with Crippen LogP contribution in [0.25, 0.3) is 0 Å². The molecule has 0 saturated heterocycles. The van der Waals surface area contributed by atoms with Crippen LogP contribution >= 0.6 is 0 Å². The van der Waals surface area contributed by atoms with E-state index in [4.69, 9.17) is 0 Å². The van der Waals surface area contributed by atoms with Crippen LogP contribution in [0.3, 0.4) is 0 Å². The quantitative estimate of drug-likeness (QED) is 0.297. The number of allylic oxidation sites excluding steroid dienone is 1. The number of benzene rings is 1. The van der Waals surface area contributed by atoms with E-state index in [1.165, 1.54) is 69.7 Å². The van der Waals surface area contributed by atoms with Crippen LogP contribution in [0.2, 0.25) is 12.1 Å². The lowest BCUT2D eigenvalue weighted by atomic mass is 9.38. The molecule has 0 aliphatic heterocycles. The molecule has 2 rings (SSSR count). The van der Waals surface area contributed by atoms with E-state index in [2.05, 4.69) is 51.6 Å². The lowest BCUT2D eigenvalue weighted by Gasteiger charge is -2.17. The summed E-state index contributed by atoms with van der Waals surface area (Å²) < 4.78 is 0. The van der Waals surface area contributed by atoms with Gasteiger partial charge in [0.15, 0.2) is 6.71 Å². The molecule has 24 heavy (non-hydrogen) atoms. The number of hydrogen-bond donors (Lipinski definition) is 0. The van der Waals surface area contributed by atoms with E-state index in [1.54, 1.807) is 11.0 Å². The van der Waals surface area contributed by atoms with Gasteiger partial charge in [-0.15, -0.1) is 6.58 Å². The van der Waals surface area contributed by atoms with Crippen LogP contribution < -0.4 is 5.46 Å². The van der Waals surface area contributed by atoms with Crippen molar-refractivity contribution in [2.24, 2.45) is 5.92 Å². The van der Waals surface area contributed by atoms with Gasteiger partial charge in [-0.3, -0.25) is 0 Å². The van der Waals surface area contributed by atoms with Crippen molar-refractivity contribution in [3.63, 3.8) is 0 Å². The first-order valence-corrected chi connectivity index (χ1v) is 10.4. The molecular formula is C23H37B. The fourth-order valence-corrected chi connectivity index (χ4v) is 4.17. The Kier molecular flexibility index (Phi) is 8.16. The molecular weight excluding hydrogens is 287 g/mol. The Balaban J connectivity index is 1.97. The lowest BCUT2D eigenvalue weighted by Crippen LogP contribution is -2.30. The molecule has 0 heterocycles. The molecule has 1 saturated carbocycles. The van der Waals surface area contributed by atoms with Gasteiger partial charge >= 0.3 is 0 Å². The van der Waals surface area contributed by atoms with Gasteiger partial charge in [0.05, 0.1) is 0 Å². The second-order valence-corrected chi connectivity index (χ2v) is 8.17. The van der Waals surface area contributed by atoms with Crippen molar-refractivity contribution >= 4 is 12.2 Å². The molecule has 1 aromatic rings. The Morgan fingerprint density at radius 2 is 1.88 bits per heavy atom. The fourth-order valence-electron chi connectivity index (χ4n) is 4.17. The van der Waals surface area contributed by atoms with Gasteiger partial charge in [-0.25, -0.2) is 0 Å². The Morgan fingerprint density at radius 3 is 2.46 bits per heavy atom. The molecule has 0 radical (unpaired) electrons. The molecule has 1 fully saturated rings. The summed E-state index contributed by atoms with van der Waals surface area (Å²) in [7, 11) is 0. The van der Waals surface area contributed by atoms with Crippen LogP contribution in [0.1, 0.15) is 77.7 Å². The average Bonchev–Trinajstić information content (AvgIpc) is 3.38. The van der Waals surface area contributed by atoms with Crippen molar-refractivity contribution in [3.8, 4) is 0 Å². The maximum Gasteiger partial charge on any atom is 0.179 e. The second-order valence-electron chi connectivity index (χ2n) is 8.17. The molecule has 0 aromatic heterocycles. The zero-order valence-electron chi connectivity index (χ0n) is 16.3. The molecule has 1 aliphatic rings. The van der Waals surface area contributed by atoms with Crippen LogP contribution in [0.4, 0.5) is 0 Å². The van der Waals surface area contributed by atoms with E-state index in [0.29, 0.717) is 0 Å². The third-order valence-electron chi connectivity index (χ3n) is 5.69. The minimum absolute atomic E-state index is 0.767. The third kappa shape index (κ3) is 6.50. The van der Waals surface area contributed by atoms with Crippen LogP contribution in [0.15, 0.2) is 36.4 Å². The molecule has 0 amide bonds. The first kappa shape index (κ1) is 19.4. The summed E-state index contributed by atoms with van der Waals surface area (Å²) in [6.45, 7) is 11.7. The molecule has 1 aliphatic carbocycles. The predicted molar refractivity (Wildman–Crippen MR) is 111 cm³/mol. The van der Waals surface area contributed by atoms with E-state index in [0.717, 1.165) is 18.4 Å². The van der Waals surface area contributed by atoms with Gasteiger partial charge in [-0.05, 0) is 37.7 Å². The highest BCUT2D eigenvalue weighted by molar-refractivity contribution is 6.75. The minimum atomic E-state index is 0.767. The maximum absolute atomic E-state index is 4.10. The van der Waals surface area contributed by atoms with Gasteiger partial charge in [0.25, 0.3) is 0 Å². The Labute approximate surface area is 151 Å². The molecule has 0 atom stereocenters. The van der Waals surface area contributed by atoms with Gasteiger partial charge in [-0.2, -0.15) is 0 Å². The molecule has 0 unspecified atom stereocenters. The zero-order chi connectivity index (χ0) is 17.4. The summed E-state index contributed by atoms with van der Waals surface area (Å²) >= 11 is 0. The molecule has 132 valence electrons. The third-order valence-corrected chi connectivity index (χ3v) is 5.69. The summed E-state index contributed by atoms with van der Waals surface area (Å²) in [5.41, 5.74) is 4.49. The van der Waals surface area contributed by atoms with Crippen LogP contribution in [-0.2, 0) is 6.42 Å².